The van der Waals surface area contributed by atoms with Crippen molar-refractivity contribution in [3.05, 3.63) is 87.7 Å². The van der Waals surface area contributed by atoms with Crippen LogP contribution in [0.15, 0.2) is 74.5 Å². The lowest BCUT2D eigenvalue weighted by atomic mass is 10.1. The Kier molecular flexibility index (Phi) is 5.87. The number of para-hydroxylation sites is 1. The van der Waals surface area contributed by atoms with Crippen molar-refractivity contribution < 1.29 is 14.1 Å². The fourth-order valence-corrected chi connectivity index (χ4v) is 4.56. The first-order chi connectivity index (χ1) is 14.6. The van der Waals surface area contributed by atoms with Crippen LogP contribution < -0.4 is 5.43 Å². The third-order valence-electron chi connectivity index (χ3n) is 4.00. The van der Waals surface area contributed by atoms with E-state index in [4.69, 9.17) is 4.42 Å². The highest BCUT2D eigenvalue weighted by Crippen LogP contribution is 2.31. The average molecular weight is 438 g/mol. The summed E-state index contributed by atoms with van der Waals surface area (Å²) in [4.78, 5) is 26.7. The first-order valence-electron chi connectivity index (χ1n) is 8.73. The summed E-state index contributed by atoms with van der Waals surface area (Å²) < 4.78 is 7.09. The lowest BCUT2D eigenvalue weighted by molar-refractivity contribution is -0.402. The number of amides is 1. The zero-order valence-corrected chi connectivity index (χ0v) is 17.0. The monoisotopic (exact) mass is 438 g/mol. The van der Waals surface area contributed by atoms with Crippen molar-refractivity contribution in [1.29, 1.82) is 0 Å². The standard InChI is InChI=1S/C20H14N4O4S2/c25-19(23-21-11-15-9-10-18(28-15)24(26)27)14-7-5-13(6-8-14)12-29-20-22-16-3-1-2-4-17(16)30-20/h1-11H,12H2,(H,23,25)/b21-11-. The molecular weight excluding hydrogens is 424 g/mol. The summed E-state index contributed by atoms with van der Waals surface area (Å²) in [6.45, 7) is 0. The average Bonchev–Trinajstić information content (AvgIpc) is 3.39. The Balaban J connectivity index is 1.31. The van der Waals surface area contributed by atoms with Gasteiger partial charge in [0.15, 0.2) is 10.1 Å². The molecule has 4 rings (SSSR count). The summed E-state index contributed by atoms with van der Waals surface area (Å²) in [6.07, 6.45) is 1.20. The van der Waals surface area contributed by atoms with Gasteiger partial charge in [-0.15, -0.1) is 11.3 Å². The Morgan fingerprint density at radius 2 is 2.00 bits per heavy atom. The van der Waals surface area contributed by atoms with Crippen molar-refractivity contribution in [2.45, 2.75) is 10.1 Å². The molecule has 1 amide bonds. The van der Waals surface area contributed by atoms with Gasteiger partial charge in [0.1, 0.15) is 4.92 Å². The van der Waals surface area contributed by atoms with E-state index < -0.39 is 10.8 Å². The van der Waals surface area contributed by atoms with Gasteiger partial charge < -0.3 is 4.42 Å². The number of thioether (sulfide) groups is 1. The smallest absolute Gasteiger partial charge is 0.400 e. The Bertz CT molecular complexity index is 1200. The molecule has 1 N–H and O–H groups in total. The molecule has 0 aliphatic carbocycles. The number of rotatable bonds is 7. The van der Waals surface area contributed by atoms with Gasteiger partial charge in [-0.05, 0) is 35.9 Å². The molecule has 0 radical (unpaired) electrons. The summed E-state index contributed by atoms with van der Waals surface area (Å²) in [5, 5.41) is 14.3. The molecule has 0 fully saturated rings. The van der Waals surface area contributed by atoms with E-state index in [0.29, 0.717) is 5.56 Å². The summed E-state index contributed by atoms with van der Waals surface area (Å²) in [6, 6.07) is 17.8. The Labute approximate surface area is 178 Å². The fraction of sp³-hybridized carbons (Fsp3) is 0.0500. The van der Waals surface area contributed by atoms with E-state index in [0.717, 1.165) is 25.9 Å². The molecule has 0 saturated heterocycles. The molecule has 4 aromatic rings. The van der Waals surface area contributed by atoms with Gasteiger partial charge in [-0.25, -0.2) is 10.4 Å². The molecule has 0 bridgehead atoms. The molecule has 0 aliphatic rings. The minimum atomic E-state index is -0.646. The number of carbonyl (C=O) groups is 1. The van der Waals surface area contributed by atoms with Gasteiger partial charge in [-0.2, -0.15) is 5.10 Å². The molecule has 10 heteroatoms. The van der Waals surface area contributed by atoms with Crippen LogP contribution in [-0.2, 0) is 5.75 Å². The molecule has 0 unspecified atom stereocenters. The van der Waals surface area contributed by atoms with Crippen molar-refractivity contribution >= 4 is 51.3 Å². The van der Waals surface area contributed by atoms with Gasteiger partial charge in [0.05, 0.1) is 22.5 Å². The number of nitrogens with one attached hydrogen (secondary N) is 1. The Hall–Kier alpha value is -3.50. The second-order valence-electron chi connectivity index (χ2n) is 6.07. The molecular formula is C20H14N4O4S2. The highest BCUT2D eigenvalue weighted by atomic mass is 32.2. The van der Waals surface area contributed by atoms with Crippen molar-refractivity contribution in [2.75, 3.05) is 0 Å². The lowest BCUT2D eigenvalue weighted by Crippen LogP contribution is -2.17. The molecule has 2 aromatic heterocycles. The van der Waals surface area contributed by atoms with Crippen LogP contribution in [0.2, 0.25) is 0 Å². The Morgan fingerprint density at radius 3 is 2.73 bits per heavy atom. The second kappa shape index (κ2) is 8.89. The number of fused-ring (bicyclic) bond motifs is 1. The van der Waals surface area contributed by atoms with Crippen molar-refractivity contribution in [3.8, 4) is 0 Å². The SMILES string of the molecule is O=C(N/N=C\c1ccc([N+](=O)[O-])o1)c1ccc(CSc2nc3ccccc3s2)cc1. The quantitative estimate of drug-likeness (QED) is 0.191. The van der Waals surface area contributed by atoms with Crippen LogP contribution in [0.4, 0.5) is 5.88 Å². The maximum Gasteiger partial charge on any atom is 0.433 e. The molecule has 0 atom stereocenters. The number of hydrogen-bond acceptors (Lipinski definition) is 8. The number of furan rings is 1. The number of hydrogen-bond donors (Lipinski definition) is 1. The van der Waals surface area contributed by atoms with Gasteiger partial charge in [0, 0.05) is 11.3 Å². The maximum atomic E-state index is 12.2. The minimum absolute atomic E-state index is 0.171. The third-order valence-corrected chi connectivity index (χ3v) is 6.25. The van der Waals surface area contributed by atoms with Gasteiger partial charge in [-0.1, -0.05) is 36.0 Å². The van der Waals surface area contributed by atoms with E-state index in [1.54, 1.807) is 35.2 Å². The van der Waals surface area contributed by atoms with Crippen LogP contribution in [0.3, 0.4) is 0 Å². The van der Waals surface area contributed by atoms with Crippen molar-refractivity contribution in [1.82, 2.24) is 10.4 Å². The Morgan fingerprint density at radius 1 is 1.20 bits per heavy atom. The predicted molar refractivity (Wildman–Crippen MR) is 116 cm³/mol. The number of nitrogens with zero attached hydrogens (tertiary/aromatic N) is 3. The number of aromatic nitrogens is 1. The van der Waals surface area contributed by atoms with Gasteiger partial charge >= 0.3 is 5.88 Å². The predicted octanol–water partition coefficient (Wildman–Crippen LogP) is 4.85. The van der Waals surface area contributed by atoms with Crippen LogP contribution >= 0.6 is 23.1 Å². The van der Waals surface area contributed by atoms with Crippen LogP contribution in [0.25, 0.3) is 10.2 Å². The topological polar surface area (TPSA) is 111 Å². The molecule has 0 saturated carbocycles. The molecule has 150 valence electrons. The van der Waals surface area contributed by atoms with Crippen molar-refractivity contribution in [3.63, 3.8) is 0 Å². The summed E-state index contributed by atoms with van der Waals surface area (Å²) >= 11 is 3.32. The van der Waals surface area contributed by atoms with E-state index in [-0.39, 0.29) is 11.6 Å². The van der Waals surface area contributed by atoms with E-state index >= 15 is 0 Å². The van der Waals surface area contributed by atoms with Gasteiger partial charge in [0.2, 0.25) is 0 Å². The van der Waals surface area contributed by atoms with Crippen LogP contribution in [0.1, 0.15) is 21.7 Å². The van der Waals surface area contributed by atoms with E-state index in [1.165, 1.54) is 18.3 Å². The summed E-state index contributed by atoms with van der Waals surface area (Å²) in [7, 11) is 0. The number of nitro groups is 1. The van der Waals surface area contributed by atoms with Crippen molar-refractivity contribution in [2.24, 2.45) is 5.10 Å². The van der Waals surface area contributed by atoms with Crippen LogP contribution in [0.5, 0.6) is 0 Å². The molecule has 2 aromatic carbocycles. The highest BCUT2D eigenvalue weighted by molar-refractivity contribution is 8.00. The van der Waals surface area contributed by atoms with Crippen LogP contribution in [0, 0.1) is 10.1 Å². The first-order valence-corrected chi connectivity index (χ1v) is 10.5. The summed E-state index contributed by atoms with van der Waals surface area (Å²) in [5.41, 5.74) is 4.89. The normalized spacial score (nSPS) is 11.2. The van der Waals surface area contributed by atoms with Gasteiger partial charge in [0.25, 0.3) is 5.91 Å². The molecule has 0 spiro atoms. The summed E-state index contributed by atoms with van der Waals surface area (Å²) in [5.74, 6) is 0.140. The third kappa shape index (κ3) is 4.73. The number of thiazole rings is 1. The largest absolute Gasteiger partial charge is 0.433 e. The zero-order valence-electron chi connectivity index (χ0n) is 15.3. The number of carbonyl (C=O) groups excluding carboxylic acids is 1. The number of hydrazone groups is 1. The number of benzene rings is 2. The molecule has 8 nitrogen and oxygen atoms in total. The van der Waals surface area contributed by atoms with E-state index in [9.17, 15) is 14.9 Å². The molecule has 0 aliphatic heterocycles. The maximum absolute atomic E-state index is 12.2. The minimum Gasteiger partial charge on any atom is -0.400 e. The lowest BCUT2D eigenvalue weighted by Gasteiger charge is -2.02. The fourth-order valence-electron chi connectivity index (χ4n) is 2.54. The highest BCUT2D eigenvalue weighted by Gasteiger charge is 2.11. The van der Waals surface area contributed by atoms with E-state index in [1.807, 2.05) is 30.3 Å². The van der Waals surface area contributed by atoms with E-state index in [2.05, 4.69) is 21.6 Å². The zero-order chi connectivity index (χ0) is 20.9. The van der Waals surface area contributed by atoms with Crippen LogP contribution in [-0.4, -0.2) is 22.0 Å². The first kappa shape index (κ1) is 19.8. The molecule has 30 heavy (non-hydrogen) atoms. The van der Waals surface area contributed by atoms with Gasteiger partial charge in [-0.3, -0.25) is 14.9 Å². The molecule has 2 heterocycles. The second-order valence-corrected chi connectivity index (χ2v) is 8.32.